The van der Waals surface area contributed by atoms with Gasteiger partial charge >= 0.3 is 0 Å². The second-order valence-electron chi connectivity index (χ2n) is 5.29. The van der Waals surface area contributed by atoms with Gasteiger partial charge in [0, 0.05) is 17.1 Å². The van der Waals surface area contributed by atoms with E-state index >= 15 is 0 Å². The summed E-state index contributed by atoms with van der Waals surface area (Å²) in [6.07, 6.45) is 1.58. The Kier molecular flexibility index (Phi) is 5.60. The van der Waals surface area contributed by atoms with E-state index in [1.54, 1.807) is 0 Å². The molecule has 0 aliphatic carbocycles. The summed E-state index contributed by atoms with van der Waals surface area (Å²) in [5.41, 5.74) is 7.32. The fourth-order valence-electron chi connectivity index (χ4n) is 2.41. The maximum absolute atomic E-state index is 11.6. The van der Waals surface area contributed by atoms with Crippen LogP contribution in [0.3, 0.4) is 0 Å². The van der Waals surface area contributed by atoms with Crippen molar-refractivity contribution in [1.82, 2.24) is 4.90 Å². The van der Waals surface area contributed by atoms with Gasteiger partial charge in [-0.15, -0.1) is 0 Å². The first kappa shape index (κ1) is 15.9. The van der Waals surface area contributed by atoms with Crippen molar-refractivity contribution in [2.75, 3.05) is 31.1 Å². The molecule has 0 radical (unpaired) electrons. The average molecular weight is 361 g/mol. The van der Waals surface area contributed by atoms with Crippen molar-refractivity contribution in [2.45, 2.75) is 18.9 Å². The highest BCUT2D eigenvalue weighted by atomic mass is 79.9. The summed E-state index contributed by atoms with van der Waals surface area (Å²) >= 11 is 3.41. The van der Waals surface area contributed by atoms with E-state index in [0.29, 0.717) is 12.3 Å². The van der Waals surface area contributed by atoms with Crippen LogP contribution in [0.15, 0.2) is 28.7 Å². The first-order valence-corrected chi connectivity index (χ1v) is 9.51. The van der Waals surface area contributed by atoms with Gasteiger partial charge in [0.2, 0.25) is 0 Å². The van der Waals surface area contributed by atoms with Gasteiger partial charge in [0.25, 0.3) is 0 Å². The third-order valence-corrected chi connectivity index (χ3v) is 5.95. The Bertz CT molecular complexity index is 531. The first-order valence-electron chi connectivity index (χ1n) is 6.90. The Morgan fingerprint density at radius 3 is 2.60 bits per heavy atom. The summed E-state index contributed by atoms with van der Waals surface area (Å²) in [6.45, 7) is 2.34. The van der Waals surface area contributed by atoms with Crippen LogP contribution in [0.4, 0.5) is 0 Å². The molecule has 1 heterocycles. The van der Waals surface area contributed by atoms with Gasteiger partial charge in [-0.05, 0) is 43.6 Å². The Labute approximate surface area is 129 Å². The van der Waals surface area contributed by atoms with Gasteiger partial charge in [-0.2, -0.15) is 0 Å². The standard InChI is InChI=1S/C14H21BrN2O2S/c15-13-4-2-12(3-5-13)14(16)6-8-17-7-1-10-20(18,19)11-9-17/h2-5,14H,1,6-11,16H2. The number of hydrogen-bond donors (Lipinski definition) is 1. The molecule has 0 bridgehead atoms. The lowest BCUT2D eigenvalue weighted by molar-refractivity contribution is 0.283. The molecule has 1 aromatic rings. The predicted molar refractivity (Wildman–Crippen MR) is 85.4 cm³/mol. The average Bonchev–Trinajstić information content (AvgIpc) is 2.58. The van der Waals surface area contributed by atoms with Crippen LogP contribution in [-0.4, -0.2) is 44.5 Å². The molecule has 1 aromatic carbocycles. The van der Waals surface area contributed by atoms with Crippen LogP contribution >= 0.6 is 15.9 Å². The summed E-state index contributed by atoms with van der Waals surface area (Å²) in [6, 6.07) is 8.05. The number of rotatable bonds is 4. The molecule has 1 unspecified atom stereocenters. The van der Waals surface area contributed by atoms with Crippen molar-refractivity contribution in [3.63, 3.8) is 0 Å². The zero-order valence-corrected chi connectivity index (χ0v) is 13.9. The van der Waals surface area contributed by atoms with Gasteiger partial charge < -0.3 is 10.6 Å². The van der Waals surface area contributed by atoms with Gasteiger partial charge in [-0.1, -0.05) is 28.1 Å². The minimum atomic E-state index is -2.83. The van der Waals surface area contributed by atoms with Crippen LogP contribution in [-0.2, 0) is 9.84 Å². The predicted octanol–water partition coefficient (Wildman–Crippen LogP) is 1.96. The monoisotopic (exact) mass is 360 g/mol. The Hall–Kier alpha value is -0.430. The summed E-state index contributed by atoms with van der Waals surface area (Å²) in [7, 11) is -2.83. The zero-order valence-electron chi connectivity index (χ0n) is 11.5. The molecule has 1 aliphatic heterocycles. The molecule has 2 N–H and O–H groups in total. The topological polar surface area (TPSA) is 63.4 Å². The van der Waals surface area contributed by atoms with Gasteiger partial charge in [0.1, 0.15) is 0 Å². The third kappa shape index (κ3) is 4.84. The zero-order chi connectivity index (χ0) is 14.6. The van der Waals surface area contributed by atoms with Crippen molar-refractivity contribution < 1.29 is 8.42 Å². The largest absolute Gasteiger partial charge is 0.324 e. The van der Waals surface area contributed by atoms with Crippen molar-refractivity contribution >= 4 is 25.8 Å². The molecule has 2 rings (SSSR count). The first-order chi connectivity index (χ1) is 9.46. The molecule has 6 heteroatoms. The van der Waals surface area contributed by atoms with Crippen molar-refractivity contribution in [2.24, 2.45) is 5.73 Å². The highest BCUT2D eigenvalue weighted by molar-refractivity contribution is 9.10. The van der Waals surface area contributed by atoms with Crippen molar-refractivity contribution in [1.29, 1.82) is 0 Å². The van der Waals surface area contributed by atoms with E-state index in [-0.39, 0.29) is 11.8 Å². The molecule has 0 aromatic heterocycles. The quantitative estimate of drug-likeness (QED) is 0.891. The Morgan fingerprint density at radius 2 is 1.90 bits per heavy atom. The Balaban J connectivity index is 1.84. The second-order valence-corrected chi connectivity index (χ2v) is 8.51. The third-order valence-electron chi connectivity index (χ3n) is 3.70. The summed E-state index contributed by atoms with van der Waals surface area (Å²) in [5, 5.41) is 0. The fraction of sp³-hybridized carbons (Fsp3) is 0.571. The van der Waals surface area contributed by atoms with E-state index in [0.717, 1.165) is 36.0 Å². The lowest BCUT2D eigenvalue weighted by Crippen LogP contribution is -2.30. The van der Waals surface area contributed by atoms with E-state index in [4.69, 9.17) is 5.73 Å². The van der Waals surface area contributed by atoms with Gasteiger partial charge in [0.15, 0.2) is 9.84 Å². The maximum Gasteiger partial charge on any atom is 0.151 e. The van der Waals surface area contributed by atoms with Crippen molar-refractivity contribution in [3.05, 3.63) is 34.3 Å². The molecule has 20 heavy (non-hydrogen) atoms. The summed E-state index contributed by atoms with van der Waals surface area (Å²) < 4.78 is 24.2. The minimum absolute atomic E-state index is 0.00274. The Morgan fingerprint density at radius 1 is 1.20 bits per heavy atom. The van der Waals surface area contributed by atoms with Crippen LogP contribution in [0.2, 0.25) is 0 Å². The van der Waals surface area contributed by atoms with E-state index in [9.17, 15) is 8.42 Å². The minimum Gasteiger partial charge on any atom is -0.324 e. The van der Waals surface area contributed by atoms with Crippen LogP contribution in [0.25, 0.3) is 0 Å². The van der Waals surface area contributed by atoms with E-state index < -0.39 is 9.84 Å². The van der Waals surface area contributed by atoms with E-state index in [2.05, 4.69) is 20.8 Å². The smallest absolute Gasteiger partial charge is 0.151 e. The van der Waals surface area contributed by atoms with Gasteiger partial charge in [-0.3, -0.25) is 0 Å². The number of sulfone groups is 1. The molecule has 0 amide bonds. The molecular weight excluding hydrogens is 340 g/mol. The highest BCUT2D eigenvalue weighted by Gasteiger charge is 2.19. The highest BCUT2D eigenvalue weighted by Crippen LogP contribution is 2.18. The fourth-order valence-corrected chi connectivity index (χ4v) is 3.99. The maximum atomic E-state index is 11.6. The van der Waals surface area contributed by atoms with Crippen molar-refractivity contribution in [3.8, 4) is 0 Å². The number of nitrogens with zero attached hydrogens (tertiary/aromatic N) is 1. The second kappa shape index (κ2) is 7.02. The van der Waals surface area contributed by atoms with E-state index in [1.165, 1.54) is 0 Å². The lowest BCUT2D eigenvalue weighted by Gasteiger charge is -2.21. The number of benzene rings is 1. The molecule has 1 aliphatic rings. The number of hydrogen-bond acceptors (Lipinski definition) is 4. The molecular formula is C14H21BrN2O2S. The normalized spacial score (nSPS) is 21.3. The van der Waals surface area contributed by atoms with Crippen LogP contribution < -0.4 is 5.73 Å². The van der Waals surface area contributed by atoms with Gasteiger partial charge in [-0.25, -0.2) is 8.42 Å². The number of halogens is 1. The summed E-state index contributed by atoms with van der Waals surface area (Å²) in [5.74, 6) is 0.600. The van der Waals surface area contributed by atoms with Crippen LogP contribution in [0.1, 0.15) is 24.4 Å². The van der Waals surface area contributed by atoms with E-state index in [1.807, 2.05) is 24.3 Å². The molecule has 112 valence electrons. The SMILES string of the molecule is NC(CCN1CCCS(=O)(=O)CC1)c1ccc(Br)cc1. The van der Waals surface area contributed by atoms with Crippen LogP contribution in [0, 0.1) is 0 Å². The molecule has 0 spiro atoms. The molecule has 1 atom stereocenters. The summed E-state index contributed by atoms with van der Waals surface area (Å²) in [4.78, 5) is 2.21. The molecule has 1 fully saturated rings. The van der Waals surface area contributed by atoms with Crippen LogP contribution in [0.5, 0.6) is 0 Å². The number of nitrogens with two attached hydrogens (primary N) is 1. The molecule has 0 saturated carbocycles. The molecule has 4 nitrogen and oxygen atoms in total. The molecule has 1 saturated heterocycles. The van der Waals surface area contributed by atoms with Gasteiger partial charge in [0.05, 0.1) is 11.5 Å². The lowest BCUT2D eigenvalue weighted by atomic mass is 10.0.